The molecule has 0 unspecified atom stereocenters. The standard InChI is InChI=1S/C8H17NO3/c1-3-4-9(5-6-10)7-8(11)12-2/h10H,3-7H2,1-2H3. The van der Waals surface area contributed by atoms with Crippen LogP contribution in [0.3, 0.4) is 0 Å². The summed E-state index contributed by atoms with van der Waals surface area (Å²) in [4.78, 5) is 12.7. The molecule has 0 saturated carbocycles. The van der Waals surface area contributed by atoms with Crippen LogP contribution in [0.2, 0.25) is 0 Å². The molecule has 0 aromatic heterocycles. The largest absolute Gasteiger partial charge is 0.468 e. The molecule has 0 aromatic carbocycles. The van der Waals surface area contributed by atoms with Crippen LogP contribution in [-0.4, -0.2) is 49.3 Å². The second-order valence-corrected chi connectivity index (χ2v) is 2.58. The van der Waals surface area contributed by atoms with Gasteiger partial charge in [0.05, 0.1) is 20.3 Å². The Hall–Kier alpha value is -0.610. The van der Waals surface area contributed by atoms with Crippen molar-refractivity contribution in [2.75, 3.05) is 33.4 Å². The minimum atomic E-state index is -0.253. The smallest absolute Gasteiger partial charge is 0.319 e. The van der Waals surface area contributed by atoms with Crippen molar-refractivity contribution in [1.82, 2.24) is 4.90 Å². The van der Waals surface area contributed by atoms with Crippen molar-refractivity contribution < 1.29 is 14.6 Å². The molecule has 4 nitrogen and oxygen atoms in total. The number of carbonyl (C=O) groups is 1. The molecule has 0 aliphatic rings. The summed E-state index contributed by atoms with van der Waals surface area (Å²) in [5.74, 6) is -0.253. The first kappa shape index (κ1) is 11.4. The van der Waals surface area contributed by atoms with E-state index in [1.807, 2.05) is 11.8 Å². The number of methoxy groups -OCH3 is 1. The van der Waals surface area contributed by atoms with E-state index in [1.165, 1.54) is 7.11 Å². The Labute approximate surface area is 73.1 Å². The number of aliphatic hydroxyl groups excluding tert-OH is 1. The van der Waals surface area contributed by atoms with Crippen LogP contribution in [0.1, 0.15) is 13.3 Å². The summed E-state index contributed by atoms with van der Waals surface area (Å²) in [5, 5.41) is 8.66. The Morgan fingerprint density at radius 2 is 2.17 bits per heavy atom. The van der Waals surface area contributed by atoms with Crippen LogP contribution < -0.4 is 0 Å². The Kier molecular flexibility index (Phi) is 6.70. The summed E-state index contributed by atoms with van der Waals surface area (Å²) in [5.41, 5.74) is 0. The number of hydrogen-bond donors (Lipinski definition) is 1. The molecular weight excluding hydrogens is 158 g/mol. The van der Waals surface area contributed by atoms with Gasteiger partial charge >= 0.3 is 5.97 Å². The highest BCUT2D eigenvalue weighted by Gasteiger charge is 2.08. The SMILES string of the molecule is CCCN(CCO)CC(=O)OC. The van der Waals surface area contributed by atoms with Crippen LogP contribution in [0.4, 0.5) is 0 Å². The van der Waals surface area contributed by atoms with E-state index < -0.39 is 0 Å². The van der Waals surface area contributed by atoms with Crippen LogP contribution in [0.15, 0.2) is 0 Å². The van der Waals surface area contributed by atoms with Gasteiger partial charge in [0.2, 0.25) is 0 Å². The fourth-order valence-electron chi connectivity index (χ4n) is 0.975. The molecule has 72 valence electrons. The molecule has 0 fully saturated rings. The molecule has 0 aliphatic heterocycles. The Morgan fingerprint density at radius 3 is 2.58 bits per heavy atom. The van der Waals surface area contributed by atoms with Gasteiger partial charge in [-0.25, -0.2) is 0 Å². The summed E-state index contributed by atoms with van der Waals surface area (Å²) >= 11 is 0. The van der Waals surface area contributed by atoms with E-state index >= 15 is 0 Å². The molecule has 0 aromatic rings. The first-order valence-corrected chi connectivity index (χ1v) is 4.14. The van der Waals surface area contributed by atoms with Gasteiger partial charge in [-0.3, -0.25) is 9.69 Å². The molecule has 1 N–H and O–H groups in total. The third kappa shape index (κ3) is 5.09. The number of nitrogens with zero attached hydrogens (tertiary/aromatic N) is 1. The van der Waals surface area contributed by atoms with E-state index in [-0.39, 0.29) is 19.1 Å². The topological polar surface area (TPSA) is 49.8 Å². The fourth-order valence-corrected chi connectivity index (χ4v) is 0.975. The molecule has 0 aliphatic carbocycles. The van der Waals surface area contributed by atoms with Crippen molar-refractivity contribution in [2.24, 2.45) is 0 Å². The fraction of sp³-hybridized carbons (Fsp3) is 0.875. The summed E-state index contributed by atoms with van der Waals surface area (Å²) in [6.45, 7) is 3.72. The van der Waals surface area contributed by atoms with Crippen molar-refractivity contribution in [3.8, 4) is 0 Å². The van der Waals surface area contributed by atoms with Gasteiger partial charge in [-0.1, -0.05) is 6.92 Å². The maximum Gasteiger partial charge on any atom is 0.319 e. The van der Waals surface area contributed by atoms with Gasteiger partial charge in [-0.05, 0) is 13.0 Å². The van der Waals surface area contributed by atoms with Gasteiger partial charge in [0.25, 0.3) is 0 Å². The van der Waals surface area contributed by atoms with E-state index in [0.717, 1.165) is 13.0 Å². The monoisotopic (exact) mass is 175 g/mol. The number of esters is 1. The van der Waals surface area contributed by atoms with Crippen molar-refractivity contribution >= 4 is 5.97 Å². The van der Waals surface area contributed by atoms with E-state index in [2.05, 4.69) is 4.74 Å². The van der Waals surface area contributed by atoms with Gasteiger partial charge in [-0.15, -0.1) is 0 Å². The third-order valence-electron chi connectivity index (χ3n) is 1.54. The average Bonchev–Trinajstić information content (AvgIpc) is 2.05. The second-order valence-electron chi connectivity index (χ2n) is 2.58. The van der Waals surface area contributed by atoms with E-state index in [4.69, 9.17) is 5.11 Å². The first-order chi connectivity index (χ1) is 5.74. The molecular formula is C8H17NO3. The summed E-state index contributed by atoms with van der Waals surface area (Å²) in [7, 11) is 1.37. The van der Waals surface area contributed by atoms with E-state index in [9.17, 15) is 4.79 Å². The molecule has 0 atom stereocenters. The third-order valence-corrected chi connectivity index (χ3v) is 1.54. The number of aliphatic hydroxyl groups is 1. The zero-order valence-corrected chi connectivity index (χ0v) is 7.75. The maximum atomic E-state index is 10.8. The zero-order valence-electron chi connectivity index (χ0n) is 7.75. The van der Waals surface area contributed by atoms with Crippen LogP contribution in [-0.2, 0) is 9.53 Å². The minimum Gasteiger partial charge on any atom is -0.468 e. The number of hydrogen-bond acceptors (Lipinski definition) is 4. The lowest BCUT2D eigenvalue weighted by Gasteiger charge is -2.18. The van der Waals surface area contributed by atoms with E-state index in [1.54, 1.807) is 0 Å². The quantitative estimate of drug-likeness (QED) is 0.571. The summed E-state index contributed by atoms with van der Waals surface area (Å²) in [6, 6.07) is 0. The van der Waals surface area contributed by atoms with Crippen LogP contribution in [0.5, 0.6) is 0 Å². The molecule has 4 heteroatoms. The normalized spacial score (nSPS) is 10.3. The molecule has 12 heavy (non-hydrogen) atoms. The molecule has 0 rings (SSSR count). The molecule has 0 amide bonds. The number of ether oxygens (including phenoxy) is 1. The van der Waals surface area contributed by atoms with Crippen LogP contribution in [0.25, 0.3) is 0 Å². The number of rotatable bonds is 6. The highest BCUT2D eigenvalue weighted by Crippen LogP contribution is 1.91. The number of carbonyl (C=O) groups excluding carboxylic acids is 1. The van der Waals surface area contributed by atoms with Crippen molar-refractivity contribution in [3.63, 3.8) is 0 Å². The van der Waals surface area contributed by atoms with Crippen LogP contribution in [0, 0.1) is 0 Å². The lowest BCUT2D eigenvalue weighted by Crippen LogP contribution is -2.33. The second kappa shape index (κ2) is 7.06. The lowest BCUT2D eigenvalue weighted by atomic mass is 10.4. The van der Waals surface area contributed by atoms with Crippen LogP contribution >= 0.6 is 0 Å². The molecule has 0 heterocycles. The average molecular weight is 175 g/mol. The molecule has 0 spiro atoms. The van der Waals surface area contributed by atoms with Crippen molar-refractivity contribution in [1.29, 1.82) is 0 Å². The van der Waals surface area contributed by atoms with Gasteiger partial charge in [0.1, 0.15) is 0 Å². The predicted octanol–water partition coefficient (Wildman–Crippen LogP) is -0.136. The predicted molar refractivity (Wildman–Crippen MR) is 45.8 cm³/mol. The van der Waals surface area contributed by atoms with Crippen molar-refractivity contribution in [3.05, 3.63) is 0 Å². The minimum absolute atomic E-state index is 0.0804. The van der Waals surface area contributed by atoms with Gasteiger partial charge in [-0.2, -0.15) is 0 Å². The zero-order chi connectivity index (χ0) is 9.40. The highest BCUT2D eigenvalue weighted by molar-refractivity contribution is 5.71. The molecule has 0 radical (unpaired) electrons. The highest BCUT2D eigenvalue weighted by atomic mass is 16.5. The van der Waals surface area contributed by atoms with Gasteiger partial charge in [0.15, 0.2) is 0 Å². The lowest BCUT2D eigenvalue weighted by molar-refractivity contribution is -0.142. The van der Waals surface area contributed by atoms with E-state index in [0.29, 0.717) is 6.54 Å². The Morgan fingerprint density at radius 1 is 1.50 bits per heavy atom. The van der Waals surface area contributed by atoms with Crippen molar-refractivity contribution in [2.45, 2.75) is 13.3 Å². The summed E-state index contributed by atoms with van der Waals surface area (Å²) in [6.07, 6.45) is 0.969. The van der Waals surface area contributed by atoms with Gasteiger partial charge < -0.3 is 9.84 Å². The Bertz CT molecular complexity index is 121. The first-order valence-electron chi connectivity index (χ1n) is 4.14. The molecule has 0 bridgehead atoms. The molecule has 0 saturated heterocycles. The Balaban J connectivity index is 3.68. The van der Waals surface area contributed by atoms with Gasteiger partial charge in [0, 0.05) is 6.54 Å². The summed E-state index contributed by atoms with van der Waals surface area (Å²) < 4.78 is 4.51. The maximum absolute atomic E-state index is 10.8.